The molecule has 1 aromatic carbocycles. The van der Waals surface area contributed by atoms with E-state index in [0.717, 1.165) is 13.0 Å². The number of halogens is 2. The number of rotatable bonds is 9. The van der Waals surface area contributed by atoms with Gasteiger partial charge in [-0.3, -0.25) is 9.78 Å². The van der Waals surface area contributed by atoms with E-state index in [2.05, 4.69) is 25.3 Å². The Kier molecular flexibility index (Phi) is 8.12. The fraction of sp³-hybridized carbons (Fsp3) is 0.364. The molecule has 2 heterocycles. The zero-order valence-corrected chi connectivity index (χ0v) is 20.7. The van der Waals surface area contributed by atoms with Gasteiger partial charge in [0.1, 0.15) is 23.6 Å². The second kappa shape index (κ2) is 10.8. The Morgan fingerprint density at radius 3 is 2.58 bits per heavy atom. The first-order valence-electron chi connectivity index (χ1n) is 10.2. The third-order valence-corrected chi connectivity index (χ3v) is 5.48. The van der Waals surface area contributed by atoms with Crippen LogP contribution in [0.3, 0.4) is 0 Å². The summed E-state index contributed by atoms with van der Waals surface area (Å²) in [5, 5.41) is 7.44. The number of anilines is 1. The van der Waals surface area contributed by atoms with Gasteiger partial charge in [0.05, 0.1) is 33.9 Å². The molecule has 0 bridgehead atoms. The minimum Gasteiger partial charge on any atom is -0.494 e. The maximum Gasteiger partial charge on any atom is 0.257 e. The van der Waals surface area contributed by atoms with Gasteiger partial charge in [0.2, 0.25) is 0 Å². The second-order valence-electron chi connectivity index (χ2n) is 7.61. The lowest BCUT2D eigenvalue weighted by atomic mass is 10.1. The van der Waals surface area contributed by atoms with E-state index < -0.39 is 5.91 Å². The maximum absolute atomic E-state index is 13.2. The quantitative estimate of drug-likeness (QED) is 0.273. The summed E-state index contributed by atoms with van der Waals surface area (Å²) in [6.07, 6.45) is 3.67. The number of nitrogens with zero attached hydrogens (tertiary/aromatic N) is 5. The molecule has 0 saturated heterocycles. The summed E-state index contributed by atoms with van der Waals surface area (Å²) in [7, 11) is 7.36. The Morgan fingerprint density at radius 1 is 1.24 bits per heavy atom. The fourth-order valence-electron chi connectivity index (χ4n) is 3.31. The predicted molar refractivity (Wildman–Crippen MR) is 131 cm³/mol. The smallest absolute Gasteiger partial charge is 0.257 e. The van der Waals surface area contributed by atoms with Crippen molar-refractivity contribution in [1.82, 2.24) is 19.4 Å². The van der Waals surface area contributed by atoms with Gasteiger partial charge in [-0.05, 0) is 39.6 Å². The number of benzene rings is 1. The number of aromatic nitrogens is 3. The van der Waals surface area contributed by atoms with E-state index in [-0.39, 0.29) is 15.7 Å². The summed E-state index contributed by atoms with van der Waals surface area (Å²) in [5.41, 5.74) is 2.33. The van der Waals surface area contributed by atoms with Crippen molar-refractivity contribution in [3.05, 3.63) is 46.0 Å². The summed E-state index contributed by atoms with van der Waals surface area (Å²) in [5.74, 6) is 0.681. The molecule has 3 aromatic rings. The van der Waals surface area contributed by atoms with Crippen molar-refractivity contribution in [2.45, 2.75) is 13.3 Å². The first-order valence-corrected chi connectivity index (χ1v) is 11.0. The number of oxime groups is 1. The highest BCUT2D eigenvalue weighted by Gasteiger charge is 2.22. The van der Waals surface area contributed by atoms with Gasteiger partial charge >= 0.3 is 0 Å². The summed E-state index contributed by atoms with van der Waals surface area (Å²) in [4.78, 5) is 29.3. The van der Waals surface area contributed by atoms with Crippen molar-refractivity contribution in [2.24, 2.45) is 12.2 Å². The molecule has 0 radical (unpaired) electrons. The Hall–Kier alpha value is -2.88. The van der Waals surface area contributed by atoms with E-state index in [4.69, 9.17) is 32.8 Å². The number of nitrogens with one attached hydrogen (secondary N) is 1. The minimum atomic E-state index is -0.401. The van der Waals surface area contributed by atoms with Gasteiger partial charge in [0, 0.05) is 26.0 Å². The number of hydrogen-bond donors (Lipinski definition) is 1. The van der Waals surface area contributed by atoms with Gasteiger partial charge in [-0.25, -0.2) is 4.98 Å². The van der Waals surface area contributed by atoms with E-state index in [0.29, 0.717) is 40.5 Å². The topological polar surface area (TPSA) is 93.9 Å². The van der Waals surface area contributed by atoms with Gasteiger partial charge in [0.25, 0.3) is 5.91 Å². The lowest BCUT2D eigenvalue weighted by molar-refractivity contribution is 0.102. The predicted octanol–water partition coefficient (Wildman–Crippen LogP) is 4.23. The maximum atomic E-state index is 13.2. The number of ether oxygens (including phenoxy) is 1. The van der Waals surface area contributed by atoms with Gasteiger partial charge in [-0.2, -0.15) is 0 Å². The summed E-state index contributed by atoms with van der Waals surface area (Å²) < 4.78 is 7.25. The molecule has 3 rings (SSSR count). The van der Waals surface area contributed by atoms with Crippen molar-refractivity contribution < 1.29 is 14.4 Å². The number of methoxy groups -OCH3 is 1. The normalized spacial score (nSPS) is 11.8. The van der Waals surface area contributed by atoms with Crippen LogP contribution in [0.25, 0.3) is 11.0 Å². The average molecular weight is 493 g/mol. The molecule has 0 aliphatic heterocycles. The van der Waals surface area contributed by atoms with Crippen molar-refractivity contribution in [1.29, 1.82) is 0 Å². The number of pyridine rings is 1. The molecule has 0 aliphatic carbocycles. The SMILES string of the molecule is COc1ccc(C(=O)Nc2c(Cl)cncc2Cl)c2c1nc(C(C)=NOCCCN(C)C)n2C. The Morgan fingerprint density at radius 2 is 1.94 bits per heavy atom. The molecule has 2 aromatic heterocycles. The van der Waals surface area contributed by atoms with Crippen LogP contribution in [0.1, 0.15) is 29.5 Å². The lowest BCUT2D eigenvalue weighted by Gasteiger charge is -2.11. The van der Waals surface area contributed by atoms with Gasteiger partial charge in [-0.1, -0.05) is 28.4 Å². The molecule has 0 aliphatic rings. The molecular formula is C22H26Cl2N6O3. The minimum absolute atomic E-state index is 0.237. The molecular weight excluding hydrogens is 467 g/mol. The first kappa shape index (κ1) is 24.8. The molecule has 0 fully saturated rings. The Bertz CT molecular complexity index is 1170. The number of amides is 1. The number of carbonyl (C=O) groups is 1. The van der Waals surface area contributed by atoms with E-state index in [1.165, 1.54) is 12.4 Å². The molecule has 1 amide bonds. The monoisotopic (exact) mass is 492 g/mol. The van der Waals surface area contributed by atoms with E-state index in [9.17, 15) is 4.79 Å². The molecule has 33 heavy (non-hydrogen) atoms. The fourth-order valence-corrected chi connectivity index (χ4v) is 3.77. The molecule has 0 atom stereocenters. The van der Waals surface area contributed by atoms with Gasteiger partial charge in [-0.15, -0.1) is 0 Å². The molecule has 0 saturated carbocycles. The molecule has 176 valence electrons. The number of carbonyl (C=O) groups excluding carboxylic acids is 1. The highest BCUT2D eigenvalue weighted by Crippen LogP contribution is 2.32. The van der Waals surface area contributed by atoms with Gasteiger partial charge in [0.15, 0.2) is 5.82 Å². The zero-order valence-electron chi connectivity index (χ0n) is 19.1. The van der Waals surface area contributed by atoms with Gasteiger partial charge < -0.3 is 24.4 Å². The summed E-state index contributed by atoms with van der Waals surface area (Å²) >= 11 is 12.3. The number of fused-ring (bicyclic) bond motifs is 1. The molecule has 11 heteroatoms. The van der Waals surface area contributed by atoms with Crippen LogP contribution in [0, 0.1) is 0 Å². The van der Waals surface area contributed by atoms with Crippen LogP contribution in [0.15, 0.2) is 29.7 Å². The van der Waals surface area contributed by atoms with Crippen LogP contribution >= 0.6 is 23.2 Å². The Labute approximate surface area is 202 Å². The van der Waals surface area contributed by atoms with Crippen LogP contribution in [0.2, 0.25) is 10.0 Å². The molecule has 1 N–H and O–H groups in total. The molecule has 0 spiro atoms. The third kappa shape index (κ3) is 5.55. The number of imidazole rings is 1. The zero-order chi connectivity index (χ0) is 24.1. The van der Waals surface area contributed by atoms with Crippen molar-refractivity contribution >= 4 is 51.5 Å². The van der Waals surface area contributed by atoms with E-state index in [1.54, 1.807) is 37.8 Å². The highest BCUT2D eigenvalue weighted by molar-refractivity contribution is 6.39. The van der Waals surface area contributed by atoms with Crippen LogP contribution in [0.4, 0.5) is 5.69 Å². The Balaban J connectivity index is 1.96. The number of hydrogen-bond acceptors (Lipinski definition) is 7. The standard InChI is InChI=1S/C22H26Cl2N6O3/c1-13(28-33-10-6-9-29(2)3)21-26-19-17(32-5)8-7-14(20(19)30(21)4)22(31)27-18-15(23)11-25-12-16(18)24/h7-8,11-12H,6,9-10H2,1-5H3,(H,25,27,31). The largest absolute Gasteiger partial charge is 0.494 e. The van der Waals surface area contributed by atoms with Crippen LogP contribution < -0.4 is 10.1 Å². The average Bonchev–Trinajstić information content (AvgIpc) is 3.12. The third-order valence-electron chi connectivity index (χ3n) is 4.91. The number of aryl methyl sites for hydroxylation is 1. The lowest BCUT2D eigenvalue weighted by Crippen LogP contribution is -2.15. The summed E-state index contributed by atoms with van der Waals surface area (Å²) in [6, 6.07) is 3.35. The van der Waals surface area contributed by atoms with Crippen LogP contribution in [0.5, 0.6) is 5.75 Å². The van der Waals surface area contributed by atoms with Crippen LogP contribution in [-0.2, 0) is 11.9 Å². The molecule has 0 unspecified atom stereocenters. The van der Waals surface area contributed by atoms with Crippen molar-refractivity contribution in [3.63, 3.8) is 0 Å². The van der Waals surface area contributed by atoms with Crippen molar-refractivity contribution in [3.8, 4) is 5.75 Å². The molecule has 9 nitrogen and oxygen atoms in total. The first-order chi connectivity index (χ1) is 15.7. The van der Waals surface area contributed by atoms with Crippen LogP contribution in [-0.4, -0.2) is 65.4 Å². The van der Waals surface area contributed by atoms with E-state index >= 15 is 0 Å². The second-order valence-corrected chi connectivity index (χ2v) is 8.42. The summed E-state index contributed by atoms with van der Waals surface area (Å²) in [6.45, 7) is 3.20. The highest BCUT2D eigenvalue weighted by atomic mass is 35.5. The van der Waals surface area contributed by atoms with Crippen molar-refractivity contribution in [2.75, 3.05) is 39.7 Å². The van der Waals surface area contributed by atoms with E-state index in [1.807, 2.05) is 14.1 Å².